The Balaban J connectivity index is 2.41. The van der Waals surface area contributed by atoms with Crippen LogP contribution in [0.1, 0.15) is 33.6 Å². The molecule has 1 heterocycles. The minimum absolute atomic E-state index is 0.663. The molecular weight excluding hydrogens is 150 g/mol. The highest BCUT2D eigenvalue weighted by molar-refractivity contribution is 4.77. The summed E-state index contributed by atoms with van der Waals surface area (Å²) in [7, 11) is 0. The molecule has 3 heteroatoms. The topological polar surface area (TPSA) is 27.3 Å². The van der Waals surface area contributed by atoms with Gasteiger partial charge in [-0.15, -0.1) is 0 Å². The maximum Gasteiger partial charge on any atom is 0.0266 e. The van der Waals surface area contributed by atoms with Crippen molar-refractivity contribution >= 4 is 0 Å². The predicted octanol–water partition coefficient (Wildman–Crippen LogP) is 1.14. The molecule has 0 aliphatic carbocycles. The first-order valence-electron chi connectivity index (χ1n) is 5.09. The Kier molecular flexibility index (Phi) is 3.98. The fourth-order valence-electron chi connectivity index (χ4n) is 1.78. The van der Waals surface area contributed by atoms with E-state index in [0.29, 0.717) is 6.04 Å². The van der Waals surface area contributed by atoms with Gasteiger partial charge in [0.05, 0.1) is 0 Å². The van der Waals surface area contributed by atoms with E-state index in [-0.39, 0.29) is 0 Å². The van der Waals surface area contributed by atoms with Crippen molar-refractivity contribution in [3.63, 3.8) is 0 Å². The van der Waals surface area contributed by atoms with Crippen molar-refractivity contribution in [3.05, 3.63) is 0 Å². The van der Waals surface area contributed by atoms with E-state index >= 15 is 0 Å². The van der Waals surface area contributed by atoms with Gasteiger partial charge in [0, 0.05) is 19.1 Å². The van der Waals surface area contributed by atoms with Crippen molar-refractivity contribution in [1.29, 1.82) is 0 Å². The van der Waals surface area contributed by atoms with Crippen molar-refractivity contribution in [2.45, 2.75) is 39.7 Å². The first kappa shape index (κ1) is 9.96. The number of nitrogens with one attached hydrogen (secondary N) is 2. The Bertz CT molecular complexity index is 127. The molecule has 1 aliphatic rings. The first-order chi connectivity index (χ1) is 5.81. The summed E-state index contributed by atoms with van der Waals surface area (Å²) in [5, 5.41) is 2.10. The van der Waals surface area contributed by atoms with Gasteiger partial charge in [-0.1, -0.05) is 20.3 Å². The number of hydrazine groups is 2. The molecule has 2 unspecified atom stereocenters. The molecule has 12 heavy (non-hydrogen) atoms. The van der Waals surface area contributed by atoms with Gasteiger partial charge in [0.1, 0.15) is 0 Å². The van der Waals surface area contributed by atoms with Gasteiger partial charge in [-0.2, -0.15) is 5.12 Å². The SMILES string of the molecule is CCC1CNN(CC)NC1CC. The average Bonchev–Trinajstić information content (AvgIpc) is 2.16. The van der Waals surface area contributed by atoms with Crippen molar-refractivity contribution in [2.75, 3.05) is 13.1 Å². The molecule has 0 amide bonds. The molecule has 1 fully saturated rings. The largest absolute Gasteiger partial charge is 0.241 e. The monoisotopic (exact) mass is 171 g/mol. The van der Waals surface area contributed by atoms with Gasteiger partial charge in [0.15, 0.2) is 0 Å². The van der Waals surface area contributed by atoms with Gasteiger partial charge in [-0.05, 0) is 19.3 Å². The Morgan fingerprint density at radius 2 is 2.00 bits per heavy atom. The van der Waals surface area contributed by atoms with Gasteiger partial charge in [0.25, 0.3) is 0 Å². The molecule has 0 spiro atoms. The van der Waals surface area contributed by atoms with Gasteiger partial charge in [-0.25, -0.2) is 10.9 Å². The summed E-state index contributed by atoms with van der Waals surface area (Å²) in [5.74, 6) is 0.790. The lowest BCUT2D eigenvalue weighted by atomic mass is 9.95. The van der Waals surface area contributed by atoms with Crippen LogP contribution in [0.3, 0.4) is 0 Å². The summed E-state index contributed by atoms with van der Waals surface area (Å²) in [6, 6.07) is 0.663. The second kappa shape index (κ2) is 4.80. The normalized spacial score (nSPS) is 32.2. The quantitative estimate of drug-likeness (QED) is 0.666. The molecule has 1 rings (SSSR count). The van der Waals surface area contributed by atoms with Crippen molar-refractivity contribution < 1.29 is 0 Å². The molecule has 1 aliphatic heterocycles. The zero-order chi connectivity index (χ0) is 8.97. The van der Waals surface area contributed by atoms with Crippen LogP contribution in [-0.2, 0) is 0 Å². The highest BCUT2D eigenvalue weighted by Gasteiger charge is 2.24. The molecule has 1 saturated heterocycles. The Labute approximate surface area is 75.5 Å². The van der Waals surface area contributed by atoms with Gasteiger partial charge < -0.3 is 0 Å². The summed E-state index contributed by atoms with van der Waals surface area (Å²) < 4.78 is 0. The van der Waals surface area contributed by atoms with E-state index < -0.39 is 0 Å². The summed E-state index contributed by atoms with van der Waals surface area (Å²) in [6.45, 7) is 8.81. The highest BCUT2D eigenvalue weighted by atomic mass is 15.7. The Morgan fingerprint density at radius 1 is 1.25 bits per heavy atom. The van der Waals surface area contributed by atoms with Crippen LogP contribution in [0.4, 0.5) is 0 Å². The van der Waals surface area contributed by atoms with Crippen LogP contribution in [0.15, 0.2) is 0 Å². The van der Waals surface area contributed by atoms with Crippen LogP contribution in [0.5, 0.6) is 0 Å². The third-order valence-electron chi connectivity index (χ3n) is 2.72. The Hall–Kier alpha value is -0.120. The fraction of sp³-hybridized carbons (Fsp3) is 1.00. The molecule has 0 aromatic rings. The van der Waals surface area contributed by atoms with E-state index in [2.05, 4.69) is 36.7 Å². The molecule has 2 N–H and O–H groups in total. The summed E-state index contributed by atoms with van der Waals surface area (Å²) >= 11 is 0. The molecule has 2 atom stereocenters. The lowest BCUT2D eigenvalue weighted by Crippen LogP contribution is -2.61. The van der Waals surface area contributed by atoms with Crippen molar-refractivity contribution in [1.82, 2.24) is 16.0 Å². The Morgan fingerprint density at radius 3 is 2.50 bits per heavy atom. The zero-order valence-electron chi connectivity index (χ0n) is 8.43. The van der Waals surface area contributed by atoms with Crippen LogP contribution in [0, 0.1) is 5.92 Å². The van der Waals surface area contributed by atoms with Crippen LogP contribution in [0.2, 0.25) is 0 Å². The molecule has 0 radical (unpaired) electrons. The van der Waals surface area contributed by atoms with E-state index in [1.807, 2.05) is 0 Å². The standard InChI is InChI=1S/C9H21N3/c1-4-8-7-10-12(6-3)11-9(8)5-2/h8-11H,4-7H2,1-3H3. The maximum atomic E-state index is 3.48. The van der Waals surface area contributed by atoms with Crippen molar-refractivity contribution in [3.8, 4) is 0 Å². The summed E-state index contributed by atoms with van der Waals surface area (Å²) in [5.41, 5.74) is 6.83. The molecule has 72 valence electrons. The molecular formula is C9H21N3. The lowest BCUT2D eigenvalue weighted by molar-refractivity contribution is 0.0235. The molecule has 0 bridgehead atoms. The fourth-order valence-corrected chi connectivity index (χ4v) is 1.78. The minimum atomic E-state index is 0.663. The third-order valence-corrected chi connectivity index (χ3v) is 2.72. The third kappa shape index (κ3) is 2.19. The van der Waals surface area contributed by atoms with E-state index in [1.54, 1.807) is 0 Å². The summed E-state index contributed by atoms with van der Waals surface area (Å²) in [6.07, 6.45) is 2.48. The number of nitrogens with zero attached hydrogens (tertiary/aromatic N) is 1. The number of rotatable bonds is 3. The van der Waals surface area contributed by atoms with Crippen LogP contribution >= 0.6 is 0 Å². The second-order valence-electron chi connectivity index (χ2n) is 3.42. The van der Waals surface area contributed by atoms with Gasteiger partial charge in [-0.3, -0.25) is 0 Å². The maximum absolute atomic E-state index is 3.48. The second-order valence-corrected chi connectivity index (χ2v) is 3.42. The van der Waals surface area contributed by atoms with Crippen LogP contribution in [-0.4, -0.2) is 24.2 Å². The average molecular weight is 171 g/mol. The molecule has 0 aromatic heterocycles. The van der Waals surface area contributed by atoms with Crippen LogP contribution in [0.25, 0.3) is 0 Å². The minimum Gasteiger partial charge on any atom is -0.241 e. The van der Waals surface area contributed by atoms with Gasteiger partial charge in [0.2, 0.25) is 0 Å². The zero-order valence-corrected chi connectivity index (χ0v) is 8.43. The summed E-state index contributed by atoms with van der Waals surface area (Å²) in [4.78, 5) is 0. The van der Waals surface area contributed by atoms with Gasteiger partial charge >= 0.3 is 0 Å². The smallest absolute Gasteiger partial charge is 0.0266 e. The molecule has 0 aromatic carbocycles. The van der Waals surface area contributed by atoms with E-state index in [0.717, 1.165) is 19.0 Å². The highest BCUT2D eigenvalue weighted by Crippen LogP contribution is 2.14. The number of hydrogen-bond donors (Lipinski definition) is 2. The number of hydrogen-bond acceptors (Lipinski definition) is 3. The molecule has 3 nitrogen and oxygen atoms in total. The van der Waals surface area contributed by atoms with Crippen LogP contribution < -0.4 is 10.9 Å². The van der Waals surface area contributed by atoms with Crippen molar-refractivity contribution in [2.24, 2.45) is 5.92 Å². The van der Waals surface area contributed by atoms with E-state index in [9.17, 15) is 0 Å². The van der Waals surface area contributed by atoms with E-state index in [1.165, 1.54) is 12.8 Å². The predicted molar refractivity (Wildman–Crippen MR) is 51.4 cm³/mol. The molecule has 0 saturated carbocycles. The van der Waals surface area contributed by atoms with E-state index in [4.69, 9.17) is 0 Å². The first-order valence-corrected chi connectivity index (χ1v) is 5.09. The lowest BCUT2D eigenvalue weighted by Gasteiger charge is -2.39.